The topological polar surface area (TPSA) is 96.0 Å². The van der Waals surface area contributed by atoms with Crippen molar-refractivity contribution in [1.82, 2.24) is 0 Å². The summed E-state index contributed by atoms with van der Waals surface area (Å²) in [5.41, 5.74) is 6.43. The first kappa shape index (κ1) is 13.3. The van der Waals surface area contributed by atoms with Gasteiger partial charge in [0.1, 0.15) is 11.4 Å². The largest absolute Gasteiger partial charge is 0.384 e. The third-order valence-corrected chi connectivity index (χ3v) is 2.37. The minimum absolute atomic E-state index is 0.0171. The zero-order chi connectivity index (χ0) is 12.8. The van der Waals surface area contributed by atoms with Crippen LogP contribution in [0, 0.1) is 5.41 Å². The summed E-state index contributed by atoms with van der Waals surface area (Å²) >= 11 is 0. The Morgan fingerprint density at radius 2 is 1.82 bits per heavy atom. The summed E-state index contributed by atoms with van der Waals surface area (Å²) in [6.45, 7) is 0. The second kappa shape index (κ2) is 6.11. The van der Waals surface area contributed by atoms with Crippen LogP contribution < -0.4 is 11.1 Å². The molecule has 0 aliphatic carbocycles. The number of nitrogens with one attached hydrogen (secondary N) is 2. The maximum atomic E-state index is 11.4. The highest BCUT2D eigenvalue weighted by atomic mass is 31.0. The van der Waals surface area contributed by atoms with Gasteiger partial charge in [-0.3, -0.25) is 15.0 Å². The van der Waals surface area contributed by atoms with Gasteiger partial charge >= 0.3 is 0 Å². The van der Waals surface area contributed by atoms with Crippen LogP contribution in [0.15, 0.2) is 24.3 Å². The van der Waals surface area contributed by atoms with Crippen molar-refractivity contribution >= 4 is 32.2 Å². The van der Waals surface area contributed by atoms with Gasteiger partial charge in [-0.15, -0.1) is 0 Å². The van der Waals surface area contributed by atoms with Gasteiger partial charge in [0.2, 0.25) is 5.91 Å². The van der Waals surface area contributed by atoms with E-state index in [1.807, 2.05) is 9.24 Å². The minimum atomic E-state index is -0.212. The Morgan fingerprint density at radius 1 is 1.24 bits per heavy atom. The molecule has 0 saturated heterocycles. The Bertz CT molecular complexity index is 443. The fourth-order valence-corrected chi connectivity index (χ4v) is 1.34. The first-order valence-corrected chi connectivity index (χ1v) is 5.59. The van der Waals surface area contributed by atoms with Crippen molar-refractivity contribution in [3.05, 3.63) is 29.8 Å². The molecule has 1 unspecified atom stereocenters. The Kier molecular flexibility index (Phi) is 4.79. The van der Waals surface area contributed by atoms with Crippen LogP contribution >= 0.6 is 9.24 Å². The molecule has 0 saturated carbocycles. The molecule has 0 aliphatic rings. The van der Waals surface area contributed by atoms with E-state index in [9.17, 15) is 9.59 Å². The highest BCUT2D eigenvalue weighted by molar-refractivity contribution is 7.40. The fourth-order valence-electron chi connectivity index (χ4n) is 1.19. The van der Waals surface area contributed by atoms with E-state index in [2.05, 4.69) is 5.32 Å². The van der Waals surface area contributed by atoms with E-state index in [1.54, 1.807) is 24.3 Å². The summed E-state index contributed by atoms with van der Waals surface area (Å²) < 4.78 is 0. The highest BCUT2D eigenvalue weighted by Gasteiger charge is 2.04. The second-order valence-corrected chi connectivity index (χ2v) is 4.15. The van der Waals surface area contributed by atoms with Crippen LogP contribution in [0.3, 0.4) is 0 Å². The first-order chi connectivity index (χ1) is 7.99. The van der Waals surface area contributed by atoms with E-state index >= 15 is 0 Å². The molecule has 0 aliphatic heterocycles. The van der Waals surface area contributed by atoms with Gasteiger partial charge in [-0.25, -0.2) is 0 Å². The monoisotopic (exact) mass is 251 g/mol. The van der Waals surface area contributed by atoms with Gasteiger partial charge in [-0.05, 0) is 24.3 Å². The molecule has 0 heterocycles. The van der Waals surface area contributed by atoms with E-state index in [0.29, 0.717) is 11.3 Å². The zero-order valence-corrected chi connectivity index (χ0v) is 10.3. The highest BCUT2D eigenvalue weighted by Crippen LogP contribution is 2.10. The number of anilines is 1. The molecule has 1 aromatic carbocycles. The molecular weight excluding hydrogens is 237 g/mol. The smallest absolute Gasteiger partial charge is 0.224 e. The Balaban J connectivity index is 2.54. The van der Waals surface area contributed by atoms with E-state index < -0.39 is 0 Å². The van der Waals surface area contributed by atoms with E-state index in [0.717, 1.165) is 0 Å². The first-order valence-electron chi connectivity index (χ1n) is 5.01. The maximum absolute atomic E-state index is 11.4. The lowest BCUT2D eigenvalue weighted by Gasteiger charge is -2.05. The molecule has 1 amide bonds. The van der Waals surface area contributed by atoms with Crippen LogP contribution in [0.2, 0.25) is 0 Å². The summed E-state index contributed by atoms with van der Waals surface area (Å²) in [4.78, 5) is 22.1. The molecule has 1 rings (SSSR count). The molecule has 1 aromatic rings. The van der Waals surface area contributed by atoms with Gasteiger partial charge < -0.3 is 11.1 Å². The summed E-state index contributed by atoms with van der Waals surface area (Å²) in [5, 5.41) is 9.86. The number of hydrogen-bond donors (Lipinski definition) is 3. The number of amides is 1. The van der Waals surface area contributed by atoms with Crippen molar-refractivity contribution in [2.45, 2.75) is 12.8 Å². The third kappa shape index (κ3) is 4.74. The molecule has 0 bridgehead atoms. The lowest BCUT2D eigenvalue weighted by molar-refractivity contribution is -0.119. The SMILES string of the molecule is N=C(N)c1ccc(NC(=O)CCC(=O)P)cc1. The molecule has 4 N–H and O–H groups in total. The van der Waals surface area contributed by atoms with Crippen LogP contribution in [0.5, 0.6) is 0 Å². The quantitative estimate of drug-likeness (QED) is 0.415. The van der Waals surface area contributed by atoms with Crippen molar-refractivity contribution in [3.8, 4) is 0 Å². The van der Waals surface area contributed by atoms with Crippen molar-refractivity contribution in [2.24, 2.45) is 5.73 Å². The maximum Gasteiger partial charge on any atom is 0.224 e. The number of hydrogen-bond acceptors (Lipinski definition) is 3. The van der Waals surface area contributed by atoms with Crippen LogP contribution in [0.1, 0.15) is 18.4 Å². The van der Waals surface area contributed by atoms with Gasteiger partial charge in [0.15, 0.2) is 0 Å². The second-order valence-electron chi connectivity index (χ2n) is 3.51. The summed E-state index contributed by atoms with van der Waals surface area (Å²) in [6, 6.07) is 6.63. The van der Waals surface area contributed by atoms with E-state index in [4.69, 9.17) is 11.1 Å². The van der Waals surface area contributed by atoms with Gasteiger partial charge in [0, 0.05) is 24.1 Å². The average molecular weight is 251 g/mol. The molecule has 90 valence electrons. The molecule has 0 aromatic heterocycles. The lowest BCUT2D eigenvalue weighted by atomic mass is 10.2. The summed E-state index contributed by atoms with van der Waals surface area (Å²) in [5.74, 6) is -0.229. The normalized spacial score (nSPS) is 9.71. The fraction of sp³-hybridized carbons (Fsp3) is 0.182. The van der Waals surface area contributed by atoms with Crippen LogP contribution in [0.25, 0.3) is 0 Å². The number of amidine groups is 1. The Morgan fingerprint density at radius 3 is 2.29 bits per heavy atom. The average Bonchev–Trinajstić information content (AvgIpc) is 2.27. The van der Waals surface area contributed by atoms with Gasteiger partial charge in [-0.2, -0.15) is 0 Å². The number of carbonyl (C=O) groups excluding carboxylic acids is 2. The van der Waals surface area contributed by atoms with Crippen molar-refractivity contribution in [3.63, 3.8) is 0 Å². The number of rotatable bonds is 5. The number of nitrogen functional groups attached to an aromatic ring is 1. The van der Waals surface area contributed by atoms with Gasteiger partial charge in [0.05, 0.1) is 0 Å². The summed E-state index contributed by atoms with van der Waals surface area (Å²) in [7, 11) is 2.03. The van der Waals surface area contributed by atoms with Gasteiger partial charge in [0.25, 0.3) is 0 Å². The van der Waals surface area contributed by atoms with Crippen molar-refractivity contribution in [2.75, 3.05) is 5.32 Å². The molecule has 0 spiro atoms. The lowest BCUT2D eigenvalue weighted by Crippen LogP contribution is -2.13. The van der Waals surface area contributed by atoms with E-state index in [-0.39, 0.29) is 30.1 Å². The zero-order valence-electron chi connectivity index (χ0n) is 9.19. The Labute approximate surface area is 101 Å². The summed E-state index contributed by atoms with van der Waals surface area (Å²) in [6.07, 6.45) is 0.374. The molecular formula is C11H14N3O2P. The molecule has 6 heteroatoms. The molecule has 0 fully saturated rings. The van der Waals surface area contributed by atoms with Crippen molar-refractivity contribution in [1.29, 1.82) is 5.41 Å². The van der Waals surface area contributed by atoms with Crippen LogP contribution in [-0.2, 0) is 9.59 Å². The predicted molar refractivity (Wildman–Crippen MR) is 70.0 cm³/mol. The minimum Gasteiger partial charge on any atom is -0.384 e. The standard InChI is InChI=1S/C11H14N3O2P/c12-11(13)7-1-3-8(4-2-7)14-9(15)5-6-10(16)17/h1-4H,5-6,17H2,(H3,12,13)(H,14,15). The Hall–Kier alpha value is -1.74. The van der Waals surface area contributed by atoms with Crippen LogP contribution in [0.4, 0.5) is 5.69 Å². The number of nitrogens with two attached hydrogens (primary N) is 1. The van der Waals surface area contributed by atoms with Crippen LogP contribution in [-0.4, -0.2) is 17.3 Å². The third-order valence-electron chi connectivity index (χ3n) is 2.08. The molecule has 1 atom stereocenters. The molecule has 17 heavy (non-hydrogen) atoms. The molecule has 0 radical (unpaired) electrons. The van der Waals surface area contributed by atoms with Crippen molar-refractivity contribution < 1.29 is 9.59 Å². The van der Waals surface area contributed by atoms with Gasteiger partial charge in [-0.1, -0.05) is 9.24 Å². The number of carbonyl (C=O) groups is 2. The van der Waals surface area contributed by atoms with E-state index in [1.165, 1.54) is 0 Å². The molecule has 5 nitrogen and oxygen atoms in total. The predicted octanol–water partition coefficient (Wildman–Crippen LogP) is 1.09. The number of benzene rings is 1.